The van der Waals surface area contributed by atoms with E-state index in [2.05, 4.69) is 34.4 Å². The Bertz CT molecular complexity index is 1000. The smallest absolute Gasteiger partial charge is 0.258 e. The number of halogens is 2. The molecule has 3 aromatic rings. The van der Waals surface area contributed by atoms with Crippen molar-refractivity contribution in [1.82, 2.24) is 9.97 Å². The monoisotopic (exact) mass is 382 g/mol. The zero-order chi connectivity index (χ0) is 20.3. The molecule has 7 heteroatoms. The van der Waals surface area contributed by atoms with Crippen molar-refractivity contribution in [2.24, 2.45) is 0 Å². The summed E-state index contributed by atoms with van der Waals surface area (Å²) < 4.78 is 26.3. The average molecular weight is 382 g/mol. The molecule has 0 bridgehead atoms. The van der Waals surface area contributed by atoms with Crippen molar-refractivity contribution >= 4 is 23.2 Å². The third kappa shape index (κ3) is 4.31. The predicted octanol–water partition coefficient (Wildman–Crippen LogP) is 5.18. The van der Waals surface area contributed by atoms with Gasteiger partial charge < -0.3 is 10.6 Å². The fraction of sp³-hybridized carbons (Fsp3) is 0.190. The molecule has 0 unspecified atom stereocenters. The maximum absolute atomic E-state index is 13.3. The largest absolute Gasteiger partial charge is 0.324 e. The predicted molar refractivity (Wildman–Crippen MR) is 105 cm³/mol. The Labute approximate surface area is 161 Å². The number of carbonyl (C=O) groups is 1. The zero-order valence-corrected chi connectivity index (χ0v) is 15.8. The second-order valence-corrected chi connectivity index (χ2v) is 6.70. The first-order chi connectivity index (χ1) is 13.3. The van der Waals surface area contributed by atoms with E-state index in [0.29, 0.717) is 5.69 Å². The maximum Gasteiger partial charge on any atom is 0.258 e. The standard InChI is InChI=1S/C21H20F2N4O/c1-12(2)16-6-4-5-13(3)19(16)27-20(28)14-10-24-21(25-11-14)26-15-7-8-17(22)18(23)9-15/h4-12H,1-3H3,(H,27,28)(H,24,25,26). The molecule has 0 fully saturated rings. The lowest BCUT2D eigenvalue weighted by Gasteiger charge is -2.16. The van der Waals surface area contributed by atoms with Gasteiger partial charge in [-0.2, -0.15) is 0 Å². The summed E-state index contributed by atoms with van der Waals surface area (Å²) in [5, 5.41) is 5.69. The van der Waals surface area contributed by atoms with E-state index in [0.717, 1.165) is 28.9 Å². The normalized spacial score (nSPS) is 10.8. The first-order valence-corrected chi connectivity index (χ1v) is 8.80. The number of carbonyl (C=O) groups excluding carboxylic acids is 1. The number of rotatable bonds is 5. The molecule has 2 N–H and O–H groups in total. The third-order valence-electron chi connectivity index (χ3n) is 4.26. The van der Waals surface area contributed by atoms with Crippen LogP contribution in [-0.4, -0.2) is 15.9 Å². The summed E-state index contributed by atoms with van der Waals surface area (Å²) in [7, 11) is 0. The molecule has 0 saturated carbocycles. The minimum Gasteiger partial charge on any atom is -0.324 e. The first-order valence-electron chi connectivity index (χ1n) is 8.80. The van der Waals surface area contributed by atoms with Crippen LogP contribution in [0.2, 0.25) is 0 Å². The number of hydrogen-bond donors (Lipinski definition) is 2. The lowest BCUT2D eigenvalue weighted by molar-refractivity contribution is 0.102. The van der Waals surface area contributed by atoms with Crippen molar-refractivity contribution in [1.29, 1.82) is 0 Å². The quantitative estimate of drug-likeness (QED) is 0.638. The van der Waals surface area contributed by atoms with Gasteiger partial charge in [0.05, 0.1) is 5.56 Å². The van der Waals surface area contributed by atoms with Crippen LogP contribution in [0.15, 0.2) is 48.8 Å². The molecule has 0 spiro atoms. The van der Waals surface area contributed by atoms with Gasteiger partial charge in [0.2, 0.25) is 5.95 Å². The number of aromatic nitrogens is 2. The van der Waals surface area contributed by atoms with Gasteiger partial charge in [-0.25, -0.2) is 18.7 Å². The third-order valence-corrected chi connectivity index (χ3v) is 4.26. The molecule has 144 valence electrons. The fourth-order valence-corrected chi connectivity index (χ4v) is 2.74. The minimum absolute atomic E-state index is 0.168. The fourth-order valence-electron chi connectivity index (χ4n) is 2.74. The van der Waals surface area contributed by atoms with Gasteiger partial charge in [0.25, 0.3) is 5.91 Å². The molecule has 0 aliphatic heterocycles. The number of nitrogens with one attached hydrogen (secondary N) is 2. The SMILES string of the molecule is Cc1cccc(C(C)C)c1NC(=O)c1cnc(Nc2ccc(F)c(F)c2)nc1. The van der Waals surface area contributed by atoms with Crippen LogP contribution in [0.5, 0.6) is 0 Å². The van der Waals surface area contributed by atoms with Crippen LogP contribution in [0.3, 0.4) is 0 Å². The van der Waals surface area contributed by atoms with Gasteiger partial charge in [-0.15, -0.1) is 0 Å². The molecular formula is C21H20F2N4O. The van der Waals surface area contributed by atoms with Crippen molar-refractivity contribution in [3.8, 4) is 0 Å². The zero-order valence-electron chi connectivity index (χ0n) is 15.8. The number of amides is 1. The Morgan fingerprint density at radius 1 is 1.04 bits per heavy atom. The van der Waals surface area contributed by atoms with Crippen LogP contribution in [-0.2, 0) is 0 Å². The molecule has 0 aliphatic carbocycles. The second-order valence-electron chi connectivity index (χ2n) is 6.70. The number of benzene rings is 2. The molecule has 1 amide bonds. The van der Waals surface area contributed by atoms with Crippen molar-refractivity contribution in [3.63, 3.8) is 0 Å². The molecular weight excluding hydrogens is 362 g/mol. The van der Waals surface area contributed by atoms with Gasteiger partial charge in [0.1, 0.15) is 0 Å². The lowest BCUT2D eigenvalue weighted by Crippen LogP contribution is -2.15. The van der Waals surface area contributed by atoms with Crippen LogP contribution in [0, 0.1) is 18.6 Å². The topological polar surface area (TPSA) is 66.9 Å². The minimum atomic E-state index is -0.972. The molecule has 0 radical (unpaired) electrons. The van der Waals surface area contributed by atoms with E-state index in [1.807, 2.05) is 25.1 Å². The highest BCUT2D eigenvalue weighted by molar-refractivity contribution is 6.04. The van der Waals surface area contributed by atoms with Gasteiger partial charge in [-0.05, 0) is 36.1 Å². The summed E-state index contributed by atoms with van der Waals surface area (Å²) in [5.74, 6) is -1.80. The average Bonchev–Trinajstić information content (AvgIpc) is 2.66. The summed E-state index contributed by atoms with van der Waals surface area (Å²) in [6, 6.07) is 9.26. The van der Waals surface area contributed by atoms with Gasteiger partial charge in [0, 0.05) is 29.8 Å². The van der Waals surface area contributed by atoms with Gasteiger partial charge >= 0.3 is 0 Å². The summed E-state index contributed by atoms with van der Waals surface area (Å²) in [4.78, 5) is 20.7. The highest BCUT2D eigenvalue weighted by Gasteiger charge is 2.14. The van der Waals surface area contributed by atoms with E-state index in [1.54, 1.807) is 0 Å². The molecule has 3 rings (SSSR count). The summed E-state index contributed by atoms with van der Waals surface area (Å²) in [5.41, 5.74) is 3.39. The van der Waals surface area contributed by atoms with Crippen LogP contribution >= 0.6 is 0 Å². The molecule has 28 heavy (non-hydrogen) atoms. The van der Waals surface area contributed by atoms with Crippen LogP contribution in [0.1, 0.15) is 41.3 Å². The molecule has 2 aromatic carbocycles. The number of hydrogen-bond acceptors (Lipinski definition) is 4. The molecule has 1 aromatic heterocycles. The Morgan fingerprint density at radius 2 is 1.75 bits per heavy atom. The van der Waals surface area contributed by atoms with E-state index in [9.17, 15) is 13.6 Å². The molecule has 0 atom stereocenters. The van der Waals surface area contributed by atoms with Gasteiger partial charge in [-0.3, -0.25) is 4.79 Å². The Morgan fingerprint density at radius 3 is 2.39 bits per heavy atom. The molecule has 0 saturated heterocycles. The maximum atomic E-state index is 13.3. The van der Waals surface area contributed by atoms with Crippen LogP contribution in [0.25, 0.3) is 0 Å². The van der Waals surface area contributed by atoms with E-state index in [-0.39, 0.29) is 23.3 Å². The van der Waals surface area contributed by atoms with Crippen molar-refractivity contribution in [2.45, 2.75) is 26.7 Å². The van der Waals surface area contributed by atoms with Crippen molar-refractivity contribution in [3.05, 3.63) is 77.1 Å². The highest BCUT2D eigenvalue weighted by atomic mass is 19.2. The Hall–Kier alpha value is -3.35. The molecule has 5 nitrogen and oxygen atoms in total. The van der Waals surface area contributed by atoms with Crippen molar-refractivity contribution < 1.29 is 13.6 Å². The lowest BCUT2D eigenvalue weighted by atomic mass is 9.98. The van der Waals surface area contributed by atoms with Gasteiger partial charge in [-0.1, -0.05) is 32.0 Å². The summed E-state index contributed by atoms with van der Waals surface area (Å²) >= 11 is 0. The van der Waals surface area contributed by atoms with E-state index in [4.69, 9.17) is 0 Å². The van der Waals surface area contributed by atoms with Gasteiger partial charge in [0.15, 0.2) is 11.6 Å². The number of anilines is 3. The van der Waals surface area contributed by atoms with E-state index in [1.165, 1.54) is 18.5 Å². The number of para-hydroxylation sites is 1. The Balaban J connectivity index is 1.75. The van der Waals surface area contributed by atoms with Crippen LogP contribution in [0.4, 0.5) is 26.1 Å². The summed E-state index contributed by atoms with van der Waals surface area (Å²) in [6.45, 7) is 6.06. The molecule has 1 heterocycles. The Kier molecular flexibility index (Phi) is 5.63. The summed E-state index contributed by atoms with van der Waals surface area (Å²) in [6.07, 6.45) is 2.75. The van der Waals surface area contributed by atoms with E-state index >= 15 is 0 Å². The number of nitrogens with zero attached hydrogens (tertiary/aromatic N) is 2. The van der Waals surface area contributed by atoms with Crippen LogP contribution < -0.4 is 10.6 Å². The molecule has 0 aliphatic rings. The second kappa shape index (κ2) is 8.12. The highest BCUT2D eigenvalue weighted by Crippen LogP contribution is 2.27. The van der Waals surface area contributed by atoms with Crippen molar-refractivity contribution in [2.75, 3.05) is 10.6 Å². The first kappa shape index (κ1) is 19.4. The number of aryl methyl sites for hydroxylation is 1. The van der Waals surface area contributed by atoms with E-state index < -0.39 is 11.6 Å².